The summed E-state index contributed by atoms with van der Waals surface area (Å²) in [6, 6.07) is 0.205. The number of hydrogen-bond donors (Lipinski definition) is 2. The quantitative estimate of drug-likeness (QED) is 0.825. The summed E-state index contributed by atoms with van der Waals surface area (Å²) in [5, 5.41) is 8.42. The first-order valence-electron chi connectivity index (χ1n) is 4.46. The SMILES string of the molecule is O=C(O)Cc1cc(C(F)(F)F)[nH]c(=O)c1C(F)F. The van der Waals surface area contributed by atoms with Gasteiger partial charge in [0.15, 0.2) is 0 Å². The van der Waals surface area contributed by atoms with Crippen molar-refractivity contribution in [2.75, 3.05) is 0 Å². The molecule has 0 saturated heterocycles. The molecule has 1 aromatic rings. The molecule has 100 valence electrons. The number of alkyl halides is 5. The fourth-order valence-corrected chi connectivity index (χ4v) is 1.32. The Morgan fingerprint density at radius 1 is 1.39 bits per heavy atom. The predicted molar refractivity (Wildman–Crippen MR) is 48.4 cm³/mol. The van der Waals surface area contributed by atoms with Crippen molar-refractivity contribution in [1.29, 1.82) is 0 Å². The van der Waals surface area contributed by atoms with Gasteiger partial charge in [-0.3, -0.25) is 9.59 Å². The van der Waals surface area contributed by atoms with E-state index in [1.54, 1.807) is 0 Å². The van der Waals surface area contributed by atoms with Crippen LogP contribution in [-0.4, -0.2) is 16.1 Å². The van der Waals surface area contributed by atoms with Crippen molar-refractivity contribution in [3.8, 4) is 0 Å². The van der Waals surface area contributed by atoms with Crippen LogP contribution in [0, 0.1) is 0 Å². The van der Waals surface area contributed by atoms with Gasteiger partial charge in [0, 0.05) is 0 Å². The number of pyridine rings is 1. The molecule has 0 amide bonds. The van der Waals surface area contributed by atoms with Gasteiger partial charge >= 0.3 is 12.1 Å². The number of aromatic nitrogens is 1. The van der Waals surface area contributed by atoms with Crippen LogP contribution in [0.25, 0.3) is 0 Å². The smallest absolute Gasteiger partial charge is 0.431 e. The van der Waals surface area contributed by atoms with Gasteiger partial charge in [-0.1, -0.05) is 0 Å². The van der Waals surface area contributed by atoms with Gasteiger partial charge in [-0.2, -0.15) is 13.2 Å². The molecular formula is C9H6F5NO3. The van der Waals surface area contributed by atoms with Gasteiger partial charge in [0.25, 0.3) is 12.0 Å². The van der Waals surface area contributed by atoms with Gasteiger partial charge in [-0.25, -0.2) is 8.78 Å². The highest BCUT2D eigenvalue weighted by molar-refractivity contribution is 5.70. The minimum absolute atomic E-state index is 0.205. The van der Waals surface area contributed by atoms with E-state index in [0.717, 1.165) is 0 Å². The fraction of sp³-hybridized carbons (Fsp3) is 0.333. The first-order chi connectivity index (χ1) is 8.12. The van der Waals surface area contributed by atoms with E-state index in [-0.39, 0.29) is 6.07 Å². The van der Waals surface area contributed by atoms with Gasteiger partial charge in [0.05, 0.1) is 12.0 Å². The second kappa shape index (κ2) is 4.75. The van der Waals surface area contributed by atoms with Gasteiger partial charge in [0.1, 0.15) is 5.69 Å². The van der Waals surface area contributed by atoms with Crippen LogP contribution in [0.2, 0.25) is 0 Å². The lowest BCUT2D eigenvalue weighted by Gasteiger charge is -2.11. The van der Waals surface area contributed by atoms with E-state index < -0.39 is 47.4 Å². The maximum absolute atomic E-state index is 12.5. The highest BCUT2D eigenvalue weighted by Gasteiger charge is 2.34. The predicted octanol–water partition coefficient (Wildman–Crippen LogP) is 1.96. The number of aliphatic carboxylic acids is 1. The lowest BCUT2D eigenvalue weighted by atomic mass is 10.1. The van der Waals surface area contributed by atoms with Crippen molar-refractivity contribution in [2.24, 2.45) is 0 Å². The third-order valence-electron chi connectivity index (χ3n) is 2.02. The number of carbonyl (C=O) groups is 1. The van der Waals surface area contributed by atoms with Crippen LogP contribution in [0.4, 0.5) is 22.0 Å². The molecule has 0 aliphatic rings. The summed E-state index contributed by atoms with van der Waals surface area (Å²) in [6.07, 6.45) is -9.40. The first kappa shape index (κ1) is 14.1. The van der Waals surface area contributed by atoms with E-state index in [2.05, 4.69) is 0 Å². The van der Waals surface area contributed by atoms with Crippen LogP contribution in [-0.2, 0) is 17.4 Å². The van der Waals surface area contributed by atoms with Crippen LogP contribution < -0.4 is 5.56 Å². The van der Waals surface area contributed by atoms with Crippen molar-refractivity contribution in [1.82, 2.24) is 4.98 Å². The third-order valence-corrected chi connectivity index (χ3v) is 2.02. The Morgan fingerprint density at radius 2 is 1.94 bits per heavy atom. The van der Waals surface area contributed by atoms with E-state index in [4.69, 9.17) is 5.11 Å². The number of hydrogen-bond acceptors (Lipinski definition) is 2. The zero-order valence-electron chi connectivity index (χ0n) is 8.52. The highest BCUT2D eigenvalue weighted by Crippen LogP contribution is 2.29. The van der Waals surface area contributed by atoms with Crippen LogP contribution in [0.15, 0.2) is 10.9 Å². The molecule has 0 aromatic carbocycles. The van der Waals surface area contributed by atoms with Crippen molar-refractivity contribution in [3.05, 3.63) is 33.2 Å². The van der Waals surface area contributed by atoms with Crippen molar-refractivity contribution >= 4 is 5.97 Å². The second-order valence-electron chi connectivity index (χ2n) is 3.32. The lowest BCUT2D eigenvalue weighted by molar-refractivity contribution is -0.142. The molecule has 4 nitrogen and oxygen atoms in total. The third kappa shape index (κ3) is 3.05. The average Bonchev–Trinajstić information content (AvgIpc) is 2.13. The summed E-state index contributed by atoms with van der Waals surface area (Å²) in [6.45, 7) is 0. The number of carboxylic acids is 1. The number of carboxylic acid groups (broad SMARTS) is 1. The summed E-state index contributed by atoms with van der Waals surface area (Å²) < 4.78 is 61.9. The van der Waals surface area contributed by atoms with Gasteiger partial charge < -0.3 is 10.1 Å². The minimum Gasteiger partial charge on any atom is -0.481 e. The molecule has 1 heterocycles. The van der Waals surface area contributed by atoms with Gasteiger partial charge in [-0.05, 0) is 11.6 Å². The zero-order chi connectivity index (χ0) is 14.1. The van der Waals surface area contributed by atoms with E-state index in [9.17, 15) is 31.5 Å². The molecule has 0 aliphatic heterocycles. The Hall–Kier alpha value is -1.93. The minimum atomic E-state index is -4.95. The summed E-state index contributed by atoms with van der Waals surface area (Å²) in [5.41, 5.74) is -5.32. The second-order valence-corrected chi connectivity index (χ2v) is 3.32. The standard InChI is InChI=1S/C9H6F5NO3/c10-7(11)6-3(2-5(16)17)1-4(9(12,13)14)15-8(6)18/h1,7H,2H2,(H,15,18)(H,16,17). The number of aromatic amines is 1. The average molecular weight is 271 g/mol. The number of rotatable bonds is 3. The maximum Gasteiger partial charge on any atom is 0.431 e. The van der Waals surface area contributed by atoms with Crippen molar-refractivity contribution < 1.29 is 31.9 Å². The number of H-pyrrole nitrogens is 1. The molecule has 0 aliphatic carbocycles. The van der Waals surface area contributed by atoms with E-state index >= 15 is 0 Å². The molecule has 0 fully saturated rings. The molecule has 0 radical (unpaired) electrons. The Morgan fingerprint density at radius 3 is 2.33 bits per heavy atom. The van der Waals surface area contributed by atoms with Crippen molar-refractivity contribution in [2.45, 2.75) is 19.0 Å². The van der Waals surface area contributed by atoms with Gasteiger partial charge in [-0.15, -0.1) is 0 Å². The number of nitrogens with one attached hydrogen (secondary N) is 1. The molecule has 9 heteroatoms. The zero-order valence-corrected chi connectivity index (χ0v) is 8.52. The summed E-state index contributed by atoms with van der Waals surface area (Å²) in [5.74, 6) is -1.62. The molecular weight excluding hydrogens is 265 g/mol. The molecule has 18 heavy (non-hydrogen) atoms. The highest BCUT2D eigenvalue weighted by atomic mass is 19.4. The Balaban J connectivity index is 3.47. The normalized spacial score (nSPS) is 11.9. The Labute approximate surface area is 96.1 Å². The lowest BCUT2D eigenvalue weighted by Crippen LogP contribution is -2.23. The summed E-state index contributed by atoms with van der Waals surface area (Å²) in [7, 11) is 0. The van der Waals surface area contributed by atoms with E-state index in [0.29, 0.717) is 0 Å². The monoisotopic (exact) mass is 271 g/mol. The fourth-order valence-electron chi connectivity index (χ4n) is 1.32. The summed E-state index contributed by atoms with van der Waals surface area (Å²) >= 11 is 0. The van der Waals surface area contributed by atoms with E-state index in [1.807, 2.05) is 0 Å². The molecule has 1 aromatic heterocycles. The van der Waals surface area contributed by atoms with Crippen LogP contribution in [0.5, 0.6) is 0 Å². The molecule has 0 spiro atoms. The van der Waals surface area contributed by atoms with Crippen LogP contribution in [0.1, 0.15) is 23.2 Å². The number of halogens is 5. The molecule has 0 saturated carbocycles. The first-order valence-corrected chi connectivity index (χ1v) is 4.46. The molecule has 2 N–H and O–H groups in total. The van der Waals surface area contributed by atoms with E-state index in [1.165, 1.54) is 4.98 Å². The molecule has 0 bridgehead atoms. The maximum atomic E-state index is 12.5. The molecule has 0 atom stereocenters. The Bertz CT molecular complexity index is 520. The largest absolute Gasteiger partial charge is 0.481 e. The van der Waals surface area contributed by atoms with Gasteiger partial charge in [0.2, 0.25) is 0 Å². The molecule has 1 rings (SSSR count). The van der Waals surface area contributed by atoms with Crippen LogP contribution in [0.3, 0.4) is 0 Å². The Kier molecular flexibility index (Phi) is 3.73. The molecule has 0 unspecified atom stereocenters. The summed E-state index contributed by atoms with van der Waals surface area (Å²) in [4.78, 5) is 22.7. The van der Waals surface area contributed by atoms with Crippen molar-refractivity contribution in [3.63, 3.8) is 0 Å². The van der Waals surface area contributed by atoms with Crippen LogP contribution >= 0.6 is 0 Å². The topological polar surface area (TPSA) is 70.2 Å².